The fourth-order valence-corrected chi connectivity index (χ4v) is 3.91. The van der Waals surface area contributed by atoms with E-state index < -0.39 is 11.4 Å². The second-order valence-electron chi connectivity index (χ2n) is 7.55. The van der Waals surface area contributed by atoms with Crippen LogP contribution in [0.15, 0.2) is 24.3 Å². The Hall–Kier alpha value is -2.74. The Labute approximate surface area is 161 Å². The fourth-order valence-electron chi connectivity index (χ4n) is 3.91. The van der Waals surface area contributed by atoms with E-state index >= 15 is 0 Å². The third-order valence-corrected chi connectivity index (χ3v) is 5.60. The van der Waals surface area contributed by atoms with Crippen molar-refractivity contribution in [1.29, 1.82) is 0 Å². The molecule has 148 valence electrons. The second kappa shape index (κ2) is 7.01. The molecule has 0 unspecified atom stereocenters. The van der Waals surface area contributed by atoms with Gasteiger partial charge in [0, 0.05) is 37.9 Å². The predicted molar refractivity (Wildman–Crippen MR) is 97.4 cm³/mol. The molecule has 1 fully saturated rings. The van der Waals surface area contributed by atoms with E-state index in [1.807, 2.05) is 0 Å². The van der Waals surface area contributed by atoms with Gasteiger partial charge in [0.2, 0.25) is 5.91 Å². The van der Waals surface area contributed by atoms with Crippen LogP contribution in [0, 0.1) is 11.2 Å². The van der Waals surface area contributed by atoms with E-state index in [4.69, 9.17) is 4.74 Å². The van der Waals surface area contributed by atoms with Crippen molar-refractivity contribution in [3.8, 4) is 0 Å². The molecule has 1 aromatic carbocycles. The molecule has 2 aliphatic rings. The number of carbonyl (C=O) groups excluding carboxylic acids is 1. The van der Waals surface area contributed by atoms with Crippen LogP contribution >= 0.6 is 0 Å². The molecule has 4 rings (SSSR count). The summed E-state index contributed by atoms with van der Waals surface area (Å²) in [6, 6.07) is 6.05. The number of fused-ring (bicyclic) bond motifs is 1. The third-order valence-electron chi connectivity index (χ3n) is 5.60. The van der Waals surface area contributed by atoms with Gasteiger partial charge >= 0.3 is 5.97 Å². The van der Waals surface area contributed by atoms with E-state index in [0.717, 1.165) is 24.1 Å². The lowest BCUT2D eigenvalue weighted by molar-refractivity contribution is -0.140. The molecular formula is C20H22FN3O4. The summed E-state index contributed by atoms with van der Waals surface area (Å²) in [6.07, 6.45) is 2.14. The number of carboxylic acid groups (broad SMARTS) is 1. The van der Waals surface area contributed by atoms with Gasteiger partial charge in [-0.2, -0.15) is 5.10 Å². The molecule has 1 aliphatic carbocycles. The van der Waals surface area contributed by atoms with Crippen LogP contribution in [-0.2, 0) is 29.0 Å². The van der Waals surface area contributed by atoms with Crippen LogP contribution in [0.2, 0.25) is 0 Å². The molecule has 0 spiro atoms. The van der Waals surface area contributed by atoms with Gasteiger partial charge in [-0.05, 0) is 30.5 Å². The first-order valence-corrected chi connectivity index (χ1v) is 9.28. The SMILES string of the molecule is COCC1(C(=O)N2CCc3c(c(C(=O)O)nn3Cc3ccc(F)cc3)C2)CC1. The first kappa shape index (κ1) is 18.6. The molecule has 1 aliphatic heterocycles. The van der Waals surface area contributed by atoms with Crippen molar-refractivity contribution in [3.63, 3.8) is 0 Å². The van der Waals surface area contributed by atoms with Crippen molar-refractivity contribution in [2.24, 2.45) is 5.41 Å². The van der Waals surface area contributed by atoms with Gasteiger partial charge in [0.05, 0.1) is 18.6 Å². The molecule has 7 nitrogen and oxygen atoms in total. The Morgan fingerprint density at radius 1 is 1.29 bits per heavy atom. The molecule has 0 radical (unpaired) electrons. The number of carbonyl (C=O) groups is 2. The quantitative estimate of drug-likeness (QED) is 0.820. The van der Waals surface area contributed by atoms with E-state index in [-0.39, 0.29) is 24.0 Å². The highest BCUT2D eigenvalue weighted by Crippen LogP contribution is 2.48. The molecule has 28 heavy (non-hydrogen) atoms. The third kappa shape index (κ3) is 3.28. The highest BCUT2D eigenvalue weighted by molar-refractivity contribution is 5.89. The van der Waals surface area contributed by atoms with E-state index in [1.165, 1.54) is 12.1 Å². The van der Waals surface area contributed by atoms with Crippen LogP contribution in [-0.4, -0.2) is 51.9 Å². The van der Waals surface area contributed by atoms with Crippen LogP contribution < -0.4 is 0 Å². The number of ether oxygens (including phenoxy) is 1. The van der Waals surface area contributed by atoms with Gasteiger partial charge in [0.25, 0.3) is 0 Å². The Kier molecular flexibility index (Phi) is 4.66. The maximum absolute atomic E-state index is 13.1. The van der Waals surface area contributed by atoms with Crippen molar-refractivity contribution in [2.45, 2.75) is 32.4 Å². The number of hydrogen-bond donors (Lipinski definition) is 1. The monoisotopic (exact) mass is 387 g/mol. The largest absolute Gasteiger partial charge is 0.476 e. The topological polar surface area (TPSA) is 84.7 Å². The molecule has 0 saturated heterocycles. The maximum atomic E-state index is 13.1. The van der Waals surface area contributed by atoms with E-state index in [0.29, 0.717) is 31.7 Å². The van der Waals surface area contributed by atoms with Gasteiger partial charge in [-0.1, -0.05) is 12.1 Å². The van der Waals surface area contributed by atoms with Crippen molar-refractivity contribution >= 4 is 11.9 Å². The van der Waals surface area contributed by atoms with Crippen LogP contribution in [0.1, 0.15) is 40.2 Å². The van der Waals surface area contributed by atoms with Crippen LogP contribution in [0.4, 0.5) is 4.39 Å². The summed E-state index contributed by atoms with van der Waals surface area (Å²) in [5.74, 6) is -1.40. The minimum absolute atomic E-state index is 0.0220. The number of aromatic carboxylic acids is 1. The van der Waals surface area contributed by atoms with Crippen LogP contribution in [0.25, 0.3) is 0 Å². The number of aromatic nitrogens is 2. The van der Waals surface area contributed by atoms with Crippen LogP contribution in [0.5, 0.6) is 0 Å². The summed E-state index contributed by atoms with van der Waals surface area (Å²) in [5, 5.41) is 13.9. The highest BCUT2D eigenvalue weighted by Gasteiger charge is 2.52. The lowest BCUT2D eigenvalue weighted by atomic mass is 10.0. The van der Waals surface area contributed by atoms with Crippen molar-refractivity contribution in [1.82, 2.24) is 14.7 Å². The fraction of sp³-hybridized carbons (Fsp3) is 0.450. The summed E-state index contributed by atoms with van der Waals surface area (Å²) in [7, 11) is 1.59. The Bertz CT molecular complexity index is 918. The first-order chi connectivity index (χ1) is 13.4. The summed E-state index contributed by atoms with van der Waals surface area (Å²) in [6.45, 7) is 1.51. The van der Waals surface area contributed by atoms with Gasteiger partial charge in [0.15, 0.2) is 5.69 Å². The molecular weight excluding hydrogens is 365 g/mol. The number of benzene rings is 1. The zero-order valence-corrected chi connectivity index (χ0v) is 15.7. The van der Waals surface area contributed by atoms with Crippen molar-refractivity contribution in [2.75, 3.05) is 20.3 Å². The van der Waals surface area contributed by atoms with Gasteiger partial charge < -0.3 is 14.7 Å². The molecule has 2 aromatic rings. The van der Waals surface area contributed by atoms with E-state index in [9.17, 15) is 19.1 Å². The number of carboxylic acids is 1. The summed E-state index contributed by atoms with van der Waals surface area (Å²) in [5.41, 5.74) is 1.77. The molecule has 1 saturated carbocycles. The maximum Gasteiger partial charge on any atom is 0.356 e. The Morgan fingerprint density at radius 3 is 2.61 bits per heavy atom. The molecule has 1 aromatic heterocycles. The molecule has 8 heteroatoms. The minimum atomic E-state index is -1.11. The van der Waals surface area contributed by atoms with E-state index in [1.54, 1.807) is 28.8 Å². The number of halogens is 1. The van der Waals surface area contributed by atoms with Gasteiger partial charge in [-0.25, -0.2) is 9.18 Å². The summed E-state index contributed by atoms with van der Waals surface area (Å²) >= 11 is 0. The number of methoxy groups -OCH3 is 1. The van der Waals surface area contributed by atoms with Gasteiger partial charge in [-0.3, -0.25) is 9.48 Å². The predicted octanol–water partition coefficient (Wildman–Crippen LogP) is 2.08. The number of amides is 1. The van der Waals surface area contributed by atoms with Crippen LogP contribution in [0.3, 0.4) is 0 Å². The lowest BCUT2D eigenvalue weighted by Crippen LogP contribution is -2.42. The standard InChI is InChI=1S/C20H22FN3O4/c1-28-12-20(7-8-20)19(27)23-9-6-16-15(11-23)17(18(25)26)22-24(16)10-13-2-4-14(21)5-3-13/h2-5H,6-12H2,1H3,(H,25,26). The molecule has 0 atom stereocenters. The van der Waals surface area contributed by atoms with Crippen molar-refractivity contribution < 1.29 is 23.8 Å². The number of rotatable bonds is 6. The molecule has 1 amide bonds. The zero-order valence-electron chi connectivity index (χ0n) is 15.7. The van der Waals surface area contributed by atoms with E-state index in [2.05, 4.69) is 5.10 Å². The molecule has 1 N–H and O–H groups in total. The summed E-state index contributed by atoms with van der Waals surface area (Å²) in [4.78, 5) is 26.4. The summed E-state index contributed by atoms with van der Waals surface area (Å²) < 4.78 is 20.0. The van der Waals surface area contributed by atoms with Gasteiger partial charge in [-0.15, -0.1) is 0 Å². The minimum Gasteiger partial charge on any atom is -0.476 e. The average molecular weight is 387 g/mol. The second-order valence-corrected chi connectivity index (χ2v) is 7.55. The Morgan fingerprint density at radius 2 is 2.00 bits per heavy atom. The van der Waals surface area contributed by atoms with Crippen molar-refractivity contribution in [3.05, 3.63) is 52.6 Å². The normalized spacial score (nSPS) is 17.3. The Balaban J connectivity index is 1.60. The first-order valence-electron chi connectivity index (χ1n) is 9.28. The highest BCUT2D eigenvalue weighted by atomic mass is 19.1. The average Bonchev–Trinajstić information content (AvgIpc) is 3.38. The number of hydrogen-bond acceptors (Lipinski definition) is 4. The number of nitrogens with zero attached hydrogens (tertiary/aromatic N) is 3. The lowest BCUT2D eigenvalue weighted by Gasteiger charge is -2.31. The molecule has 2 heterocycles. The zero-order chi connectivity index (χ0) is 19.9. The molecule has 0 bridgehead atoms. The smallest absolute Gasteiger partial charge is 0.356 e. The van der Waals surface area contributed by atoms with Gasteiger partial charge in [0.1, 0.15) is 5.82 Å².